The summed E-state index contributed by atoms with van der Waals surface area (Å²) in [4.78, 5) is 5.15. The number of anilines is 5. The second-order valence-corrected chi connectivity index (χ2v) is 14.2. The van der Waals surface area contributed by atoms with Gasteiger partial charge in [0, 0.05) is 34.0 Å². The minimum atomic E-state index is 0.0728. The summed E-state index contributed by atoms with van der Waals surface area (Å²) in [5, 5.41) is 0. The van der Waals surface area contributed by atoms with E-state index in [-0.39, 0.29) is 17.7 Å². The van der Waals surface area contributed by atoms with Crippen LogP contribution in [0.5, 0.6) is 0 Å². The third kappa shape index (κ3) is 3.80. The Morgan fingerprint density at radius 3 is 1.95 bits per heavy atom. The van der Waals surface area contributed by atoms with Gasteiger partial charge in [-0.1, -0.05) is 94.4 Å². The number of rotatable bonds is 2. The Hall–Kier alpha value is -4.24. The van der Waals surface area contributed by atoms with Crippen molar-refractivity contribution in [1.29, 1.82) is 0 Å². The van der Waals surface area contributed by atoms with Gasteiger partial charge in [0.15, 0.2) is 0 Å². The molecule has 8 rings (SSSR count). The topological polar surface area (TPSA) is 6.48 Å². The molecule has 0 aromatic heterocycles. The minimum Gasteiger partial charge on any atom is -0.376 e. The van der Waals surface area contributed by atoms with Gasteiger partial charge in [-0.2, -0.15) is 0 Å². The van der Waals surface area contributed by atoms with Gasteiger partial charge in [-0.3, -0.25) is 0 Å². The lowest BCUT2D eigenvalue weighted by Crippen LogP contribution is -2.61. The Kier molecular flexibility index (Phi) is 5.61. The maximum atomic E-state index is 2.59. The number of benzene rings is 5. The maximum absolute atomic E-state index is 2.59. The van der Waals surface area contributed by atoms with E-state index < -0.39 is 0 Å². The van der Waals surface area contributed by atoms with E-state index in [1.807, 2.05) is 0 Å². The molecule has 0 amide bonds. The van der Waals surface area contributed by atoms with Gasteiger partial charge in [0.2, 0.25) is 0 Å². The highest BCUT2D eigenvalue weighted by Crippen LogP contribution is 2.51. The van der Waals surface area contributed by atoms with Crippen molar-refractivity contribution in [3.05, 3.63) is 125 Å². The van der Waals surface area contributed by atoms with E-state index in [0.717, 1.165) is 0 Å². The lowest BCUT2D eigenvalue weighted by atomic mass is 9.43. The van der Waals surface area contributed by atoms with Crippen LogP contribution in [0, 0.1) is 13.8 Å². The maximum Gasteiger partial charge on any atom is 0.333 e. The van der Waals surface area contributed by atoms with Crippen LogP contribution in [0.3, 0.4) is 0 Å². The van der Waals surface area contributed by atoms with E-state index in [4.69, 9.17) is 0 Å². The van der Waals surface area contributed by atoms with Crippen LogP contribution in [0.4, 0.5) is 28.4 Å². The molecule has 0 atom stereocenters. The second kappa shape index (κ2) is 9.13. The van der Waals surface area contributed by atoms with Crippen LogP contribution in [0.2, 0.25) is 0 Å². The Morgan fingerprint density at radius 2 is 1.21 bits per heavy atom. The Morgan fingerprint density at radius 1 is 0.581 bits per heavy atom. The van der Waals surface area contributed by atoms with Crippen LogP contribution in [0.25, 0.3) is 11.1 Å². The van der Waals surface area contributed by atoms with E-state index in [2.05, 4.69) is 154 Å². The molecule has 0 N–H and O–H groups in total. The second-order valence-electron chi connectivity index (χ2n) is 14.2. The normalized spacial score (nSPS) is 17.1. The third-order valence-electron chi connectivity index (χ3n) is 10.4. The first-order chi connectivity index (χ1) is 20.7. The van der Waals surface area contributed by atoms with Crippen LogP contribution >= 0.6 is 0 Å². The molecule has 2 aliphatic heterocycles. The van der Waals surface area contributed by atoms with Gasteiger partial charge < -0.3 is 9.71 Å². The molecule has 43 heavy (non-hydrogen) atoms. The predicted molar refractivity (Wildman–Crippen MR) is 185 cm³/mol. The molecule has 0 spiro atoms. The van der Waals surface area contributed by atoms with E-state index in [1.165, 1.54) is 85.6 Å². The SMILES string of the molecule is Cc1cc2c3c(c1)N(c1cc4c(cc1C)C(C)(C)CCC4(C)C)c1ccccc1B3N(c1ccccc1)c1ccccc1-2. The summed E-state index contributed by atoms with van der Waals surface area (Å²) in [5.74, 6) is 0. The monoisotopic (exact) mass is 558 g/mol. The fourth-order valence-corrected chi connectivity index (χ4v) is 8.09. The van der Waals surface area contributed by atoms with Gasteiger partial charge in [0.1, 0.15) is 0 Å². The van der Waals surface area contributed by atoms with Crippen molar-refractivity contribution in [2.45, 2.75) is 65.2 Å². The van der Waals surface area contributed by atoms with Crippen molar-refractivity contribution in [3.8, 4) is 11.1 Å². The lowest BCUT2D eigenvalue weighted by molar-refractivity contribution is 0.332. The molecular formula is C40H39BN2. The molecule has 3 aliphatic rings. The summed E-state index contributed by atoms with van der Waals surface area (Å²) in [7, 11) is 0. The van der Waals surface area contributed by atoms with Gasteiger partial charge in [-0.25, -0.2) is 0 Å². The summed E-state index contributed by atoms with van der Waals surface area (Å²) >= 11 is 0. The summed E-state index contributed by atoms with van der Waals surface area (Å²) < 4.78 is 0. The van der Waals surface area contributed by atoms with Crippen LogP contribution in [-0.4, -0.2) is 6.85 Å². The van der Waals surface area contributed by atoms with E-state index >= 15 is 0 Å². The van der Waals surface area contributed by atoms with E-state index in [0.29, 0.717) is 0 Å². The third-order valence-corrected chi connectivity index (χ3v) is 10.4. The highest BCUT2D eigenvalue weighted by Gasteiger charge is 2.45. The molecule has 0 unspecified atom stereocenters. The summed E-state index contributed by atoms with van der Waals surface area (Å²) in [5.41, 5.74) is 17.7. The van der Waals surface area contributed by atoms with Gasteiger partial charge in [-0.15, -0.1) is 0 Å². The molecule has 2 heterocycles. The molecular weight excluding hydrogens is 519 g/mol. The number of hydrogen-bond acceptors (Lipinski definition) is 2. The molecule has 0 saturated carbocycles. The smallest absolute Gasteiger partial charge is 0.333 e. The summed E-state index contributed by atoms with van der Waals surface area (Å²) in [6.07, 6.45) is 2.43. The Labute approximate surface area is 257 Å². The molecule has 0 fully saturated rings. The highest BCUT2D eigenvalue weighted by atomic mass is 15.2. The average Bonchev–Trinajstić information content (AvgIpc) is 3.00. The molecule has 1 aliphatic carbocycles. The molecule has 0 saturated heterocycles. The summed E-state index contributed by atoms with van der Waals surface area (Å²) in [6, 6.07) is 38.9. The van der Waals surface area contributed by atoms with Crippen LogP contribution in [0.15, 0.2) is 103 Å². The first-order valence-corrected chi connectivity index (χ1v) is 15.8. The molecule has 5 aromatic carbocycles. The van der Waals surface area contributed by atoms with Gasteiger partial charge >= 0.3 is 6.85 Å². The van der Waals surface area contributed by atoms with Crippen molar-refractivity contribution in [3.63, 3.8) is 0 Å². The molecule has 3 heteroatoms. The Bertz CT molecular complexity index is 1920. The van der Waals surface area contributed by atoms with Crippen molar-refractivity contribution >= 4 is 46.2 Å². The van der Waals surface area contributed by atoms with Gasteiger partial charge in [0.05, 0.1) is 0 Å². The van der Waals surface area contributed by atoms with Crippen molar-refractivity contribution in [2.75, 3.05) is 9.71 Å². The van der Waals surface area contributed by atoms with Crippen molar-refractivity contribution in [1.82, 2.24) is 0 Å². The molecule has 0 bridgehead atoms. The highest BCUT2D eigenvalue weighted by molar-refractivity contribution is 6.93. The zero-order chi connectivity index (χ0) is 29.7. The zero-order valence-electron chi connectivity index (χ0n) is 26.2. The van der Waals surface area contributed by atoms with Gasteiger partial charge in [0.25, 0.3) is 0 Å². The van der Waals surface area contributed by atoms with Crippen LogP contribution in [0.1, 0.15) is 62.8 Å². The fourth-order valence-electron chi connectivity index (χ4n) is 8.09. The van der Waals surface area contributed by atoms with Crippen LogP contribution < -0.4 is 20.6 Å². The minimum absolute atomic E-state index is 0.0728. The number of fused-ring (bicyclic) bond motifs is 5. The first-order valence-electron chi connectivity index (χ1n) is 15.8. The largest absolute Gasteiger partial charge is 0.376 e. The van der Waals surface area contributed by atoms with Crippen LogP contribution in [-0.2, 0) is 10.8 Å². The lowest BCUT2D eigenvalue weighted by Gasteiger charge is -2.47. The molecule has 5 aromatic rings. The van der Waals surface area contributed by atoms with E-state index in [1.54, 1.807) is 0 Å². The number of para-hydroxylation sites is 3. The zero-order valence-corrected chi connectivity index (χ0v) is 26.2. The number of nitrogens with zero attached hydrogens (tertiary/aromatic N) is 2. The Balaban J connectivity index is 1.46. The molecule has 0 radical (unpaired) electrons. The molecule has 212 valence electrons. The van der Waals surface area contributed by atoms with Crippen molar-refractivity contribution < 1.29 is 0 Å². The number of hydrogen-bond donors (Lipinski definition) is 0. The van der Waals surface area contributed by atoms with Crippen molar-refractivity contribution in [2.24, 2.45) is 0 Å². The van der Waals surface area contributed by atoms with E-state index in [9.17, 15) is 0 Å². The standard InChI is InChI=1S/C40H39BN2/c1-26-22-30-29-16-10-12-18-34(29)43(28-14-8-7-9-15-28)41-33-17-11-13-19-35(33)42(37(23-26)38(30)41)36-25-32-31(24-27(36)2)39(3,4)20-21-40(32,5)6/h7-19,22-25H,20-21H2,1-6H3. The number of aryl methyl sites for hydroxylation is 2. The predicted octanol–water partition coefficient (Wildman–Crippen LogP) is 9.36. The average molecular weight is 559 g/mol. The fraction of sp³-hybridized carbons (Fsp3) is 0.250. The summed E-state index contributed by atoms with van der Waals surface area (Å²) in [6.45, 7) is 14.4. The first kappa shape index (κ1) is 26.4. The van der Waals surface area contributed by atoms with Gasteiger partial charge in [-0.05, 0) is 113 Å². The molecule has 2 nitrogen and oxygen atoms in total. The quantitative estimate of drug-likeness (QED) is 0.199.